The van der Waals surface area contributed by atoms with E-state index in [0.29, 0.717) is 33.8 Å². The van der Waals surface area contributed by atoms with Crippen molar-refractivity contribution in [1.82, 2.24) is 10.1 Å². The molecule has 2 rings (SSSR count). The van der Waals surface area contributed by atoms with Crippen LogP contribution in [0.25, 0.3) is 0 Å². The maximum Gasteiger partial charge on any atom is 0.264 e. The van der Waals surface area contributed by atoms with E-state index < -0.39 is 0 Å². The molecule has 0 bridgehead atoms. The molecule has 102 valence electrons. The molecule has 0 amide bonds. The summed E-state index contributed by atoms with van der Waals surface area (Å²) in [6.07, 6.45) is 0. The lowest BCUT2D eigenvalue weighted by atomic mass is 10.2. The zero-order valence-corrected chi connectivity index (χ0v) is 11.3. The second-order valence-corrected chi connectivity index (χ2v) is 4.20. The number of aryl methyl sites for hydroxylation is 1. The number of hydrogen-bond acceptors (Lipinski definition) is 6. The smallest absolute Gasteiger partial charge is 0.264 e. The van der Waals surface area contributed by atoms with E-state index in [4.69, 9.17) is 30.7 Å². The Bertz CT molecular complexity index is 571. The summed E-state index contributed by atoms with van der Waals surface area (Å²) < 4.78 is 15.6. The zero-order valence-electron chi connectivity index (χ0n) is 10.5. The molecular weight excluding hydrogens is 272 g/mol. The number of ether oxygens (including phenoxy) is 2. The Morgan fingerprint density at radius 3 is 2.79 bits per heavy atom. The standard InChI is InChI=1S/C12H13ClN2O4/c1-7-14-11(19-15-7)6-18-12-9(13)3-8(5-16)4-10(12)17-2/h3-4,16H,5-6H2,1-2H3. The molecule has 1 aromatic carbocycles. The van der Waals surface area contributed by atoms with Gasteiger partial charge in [-0.3, -0.25) is 0 Å². The highest BCUT2D eigenvalue weighted by Gasteiger charge is 2.13. The summed E-state index contributed by atoms with van der Waals surface area (Å²) in [4.78, 5) is 4.02. The van der Waals surface area contributed by atoms with E-state index in [2.05, 4.69) is 10.1 Å². The van der Waals surface area contributed by atoms with Crippen LogP contribution in [0.15, 0.2) is 16.7 Å². The van der Waals surface area contributed by atoms with Crippen molar-refractivity contribution in [3.8, 4) is 11.5 Å². The molecule has 2 aromatic rings. The summed E-state index contributed by atoms with van der Waals surface area (Å²) in [6.45, 7) is 1.69. The van der Waals surface area contributed by atoms with Gasteiger partial charge >= 0.3 is 0 Å². The summed E-state index contributed by atoms with van der Waals surface area (Å²) in [7, 11) is 1.50. The van der Waals surface area contributed by atoms with Crippen LogP contribution in [0, 0.1) is 6.92 Å². The molecule has 0 aliphatic heterocycles. The van der Waals surface area contributed by atoms with Crippen molar-refractivity contribution in [2.24, 2.45) is 0 Å². The Labute approximate surface area is 114 Å². The Kier molecular flexibility index (Phi) is 4.24. The van der Waals surface area contributed by atoms with Crippen LogP contribution in [0.3, 0.4) is 0 Å². The first-order valence-electron chi connectivity index (χ1n) is 5.53. The molecule has 0 unspecified atom stereocenters. The third-order valence-corrected chi connectivity index (χ3v) is 2.66. The fraction of sp³-hybridized carbons (Fsp3) is 0.333. The van der Waals surface area contributed by atoms with Crippen molar-refractivity contribution >= 4 is 11.6 Å². The number of hydrogen-bond donors (Lipinski definition) is 1. The maximum atomic E-state index is 9.10. The average Bonchev–Trinajstić information content (AvgIpc) is 2.82. The molecule has 0 saturated carbocycles. The lowest BCUT2D eigenvalue weighted by Crippen LogP contribution is -2.00. The molecule has 0 atom stereocenters. The molecule has 0 saturated heterocycles. The predicted octanol–water partition coefficient (Wildman–Crippen LogP) is 2.11. The summed E-state index contributed by atoms with van der Waals surface area (Å²) in [6, 6.07) is 3.26. The molecule has 1 heterocycles. The zero-order chi connectivity index (χ0) is 13.8. The van der Waals surface area contributed by atoms with E-state index in [9.17, 15) is 0 Å². The molecule has 0 aliphatic rings. The number of benzene rings is 1. The van der Waals surface area contributed by atoms with Crippen molar-refractivity contribution in [3.05, 3.63) is 34.4 Å². The molecule has 0 aliphatic carbocycles. The summed E-state index contributed by atoms with van der Waals surface area (Å²) >= 11 is 6.08. The number of aliphatic hydroxyl groups excluding tert-OH is 1. The fourth-order valence-electron chi connectivity index (χ4n) is 1.54. The van der Waals surface area contributed by atoms with Gasteiger partial charge in [0.15, 0.2) is 23.9 Å². The number of aliphatic hydroxyl groups is 1. The van der Waals surface area contributed by atoms with Crippen molar-refractivity contribution in [2.75, 3.05) is 7.11 Å². The van der Waals surface area contributed by atoms with Crippen LogP contribution in [0.2, 0.25) is 5.02 Å². The van der Waals surface area contributed by atoms with Gasteiger partial charge in [0.25, 0.3) is 5.89 Å². The normalized spacial score (nSPS) is 10.5. The minimum Gasteiger partial charge on any atom is -0.493 e. The Hall–Kier alpha value is -1.79. The lowest BCUT2D eigenvalue weighted by molar-refractivity contribution is 0.232. The summed E-state index contributed by atoms with van der Waals surface area (Å²) in [5.74, 6) is 1.69. The fourth-order valence-corrected chi connectivity index (χ4v) is 1.82. The van der Waals surface area contributed by atoms with Gasteiger partial charge in [-0.05, 0) is 24.6 Å². The highest BCUT2D eigenvalue weighted by Crippen LogP contribution is 2.36. The van der Waals surface area contributed by atoms with E-state index >= 15 is 0 Å². The van der Waals surface area contributed by atoms with Gasteiger partial charge in [0.05, 0.1) is 18.7 Å². The van der Waals surface area contributed by atoms with Gasteiger partial charge in [0.1, 0.15) is 0 Å². The number of aromatic nitrogens is 2. The van der Waals surface area contributed by atoms with E-state index in [1.807, 2.05) is 0 Å². The molecule has 0 fully saturated rings. The Balaban J connectivity index is 2.19. The van der Waals surface area contributed by atoms with Crippen LogP contribution < -0.4 is 9.47 Å². The number of rotatable bonds is 5. The van der Waals surface area contributed by atoms with E-state index in [0.717, 1.165) is 0 Å². The average molecular weight is 285 g/mol. The van der Waals surface area contributed by atoms with Crippen LogP contribution in [0.1, 0.15) is 17.3 Å². The molecule has 1 aromatic heterocycles. The largest absolute Gasteiger partial charge is 0.493 e. The first-order valence-corrected chi connectivity index (χ1v) is 5.91. The molecule has 6 nitrogen and oxygen atoms in total. The minimum atomic E-state index is -0.126. The van der Waals surface area contributed by atoms with Gasteiger partial charge in [0, 0.05) is 0 Å². The van der Waals surface area contributed by atoms with Crippen molar-refractivity contribution in [2.45, 2.75) is 20.1 Å². The van der Waals surface area contributed by atoms with Gasteiger partial charge in [-0.2, -0.15) is 4.98 Å². The van der Waals surface area contributed by atoms with Crippen LogP contribution in [0.4, 0.5) is 0 Å². The SMILES string of the molecule is COc1cc(CO)cc(Cl)c1OCc1nc(C)no1. The van der Waals surface area contributed by atoms with Gasteiger partial charge in [-0.15, -0.1) is 0 Å². The molecular formula is C12H13ClN2O4. The second kappa shape index (κ2) is 5.90. The van der Waals surface area contributed by atoms with E-state index in [-0.39, 0.29) is 13.2 Å². The Morgan fingerprint density at radius 2 is 2.21 bits per heavy atom. The van der Waals surface area contributed by atoms with Crippen LogP contribution in [0.5, 0.6) is 11.5 Å². The van der Waals surface area contributed by atoms with Crippen molar-refractivity contribution in [3.63, 3.8) is 0 Å². The molecule has 7 heteroatoms. The first-order chi connectivity index (χ1) is 9.13. The first kappa shape index (κ1) is 13.6. The Morgan fingerprint density at radius 1 is 1.42 bits per heavy atom. The minimum absolute atomic E-state index is 0.0927. The number of nitrogens with zero attached hydrogens (tertiary/aromatic N) is 2. The lowest BCUT2D eigenvalue weighted by Gasteiger charge is -2.12. The number of methoxy groups -OCH3 is 1. The third kappa shape index (κ3) is 3.15. The topological polar surface area (TPSA) is 77.6 Å². The van der Waals surface area contributed by atoms with Gasteiger partial charge in [-0.1, -0.05) is 16.8 Å². The van der Waals surface area contributed by atoms with Crippen molar-refractivity contribution in [1.29, 1.82) is 0 Å². The van der Waals surface area contributed by atoms with Crippen LogP contribution in [-0.4, -0.2) is 22.4 Å². The predicted molar refractivity (Wildman–Crippen MR) is 67.3 cm³/mol. The van der Waals surface area contributed by atoms with Crippen LogP contribution in [-0.2, 0) is 13.2 Å². The molecule has 19 heavy (non-hydrogen) atoms. The third-order valence-electron chi connectivity index (χ3n) is 2.38. The quantitative estimate of drug-likeness (QED) is 0.906. The molecule has 0 spiro atoms. The summed E-state index contributed by atoms with van der Waals surface area (Å²) in [5.41, 5.74) is 0.642. The monoisotopic (exact) mass is 284 g/mol. The maximum absolute atomic E-state index is 9.10. The molecule has 1 N–H and O–H groups in total. The van der Waals surface area contributed by atoms with Gasteiger partial charge in [0.2, 0.25) is 0 Å². The highest BCUT2D eigenvalue weighted by molar-refractivity contribution is 6.32. The molecule has 0 radical (unpaired) electrons. The van der Waals surface area contributed by atoms with Gasteiger partial charge in [-0.25, -0.2) is 0 Å². The highest BCUT2D eigenvalue weighted by atomic mass is 35.5. The van der Waals surface area contributed by atoms with E-state index in [1.165, 1.54) is 7.11 Å². The van der Waals surface area contributed by atoms with Crippen molar-refractivity contribution < 1.29 is 19.1 Å². The van der Waals surface area contributed by atoms with Crippen LogP contribution >= 0.6 is 11.6 Å². The van der Waals surface area contributed by atoms with Gasteiger partial charge < -0.3 is 19.1 Å². The summed E-state index contributed by atoms with van der Waals surface area (Å²) in [5, 5.41) is 13.1. The second-order valence-electron chi connectivity index (χ2n) is 3.79. The van der Waals surface area contributed by atoms with E-state index in [1.54, 1.807) is 19.1 Å². The number of halogens is 1.